The average Bonchev–Trinajstić information content (AvgIpc) is 3.24. The van der Waals surface area contributed by atoms with E-state index in [2.05, 4.69) is 34.3 Å². The smallest absolute Gasteiger partial charge is 0.251 e. The van der Waals surface area contributed by atoms with Gasteiger partial charge in [0.05, 0.1) is 12.1 Å². The molecule has 1 aliphatic heterocycles. The van der Waals surface area contributed by atoms with E-state index in [1.54, 1.807) is 10.6 Å². The third-order valence-corrected chi connectivity index (χ3v) is 5.08. The molecule has 4 rings (SSSR count). The number of pyridine rings is 1. The van der Waals surface area contributed by atoms with Gasteiger partial charge in [-0.1, -0.05) is 35.5 Å². The molecule has 0 amide bonds. The van der Waals surface area contributed by atoms with Gasteiger partial charge in [0, 0.05) is 30.4 Å². The molecule has 2 heterocycles. The van der Waals surface area contributed by atoms with Crippen LogP contribution in [0.25, 0.3) is 10.9 Å². The van der Waals surface area contributed by atoms with Crippen molar-refractivity contribution in [1.82, 2.24) is 4.57 Å². The number of oxime groups is 1. The molecule has 0 N–H and O–H groups in total. The highest BCUT2D eigenvalue weighted by Gasteiger charge is 2.14. The summed E-state index contributed by atoms with van der Waals surface area (Å²) < 4.78 is 1.74. The first-order chi connectivity index (χ1) is 13.3. The molecule has 138 valence electrons. The van der Waals surface area contributed by atoms with Gasteiger partial charge in [0.2, 0.25) is 0 Å². The van der Waals surface area contributed by atoms with Crippen LogP contribution in [0.2, 0.25) is 0 Å². The van der Waals surface area contributed by atoms with Crippen LogP contribution in [0, 0.1) is 0 Å². The van der Waals surface area contributed by atoms with Crippen LogP contribution in [0.4, 0.5) is 5.69 Å². The Morgan fingerprint density at radius 3 is 2.48 bits per heavy atom. The monoisotopic (exact) mass is 361 g/mol. The lowest BCUT2D eigenvalue weighted by Crippen LogP contribution is -2.24. The van der Waals surface area contributed by atoms with Crippen molar-refractivity contribution in [3.8, 4) is 0 Å². The van der Waals surface area contributed by atoms with E-state index in [-0.39, 0.29) is 5.56 Å². The lowest BCUT2D eigenvalue weighted by atomic mass is 10.1. The predicted octanol–water partition coefficient (Wildman–Crippen LogP) is 3.65. The maximum absolute atomic E-state index is 12.5. The highest BCUT2D eigenvalue weighted by Crippen LogP contribution is 2.21. The van der Waals surface area contributed by atoms with Crippen molar-refractivity contribution >= 4 is 22.3 Å². The Labute approximate surface area is 158 Å². The second-order valence-corrected chi connectivity index (χ2v) is 6.78. The summed E-state index contributed by atoms with van der Waals surface area (Å²) in [7, 11) is 1.53. The molecule has 1 aliphatic rings. The van der Waals surface area contributed by atoms with Crippen molar-refractivity contribution in [2.75, 3.05) is 25.1 Å². The molecule has 27 heavy (non-hydrogen) atoms. The Morgan fingerprint density at radius 2 is 1.74 bits per heavy atom. The van der Waals surface area contributed by atoms with Crippen LogP contribution >= 0.6 is 0 Å². The number of anilines is 1. The maximum Gasteiger partial charge on any atom is 0.251 e. The number of aromatic nitrogens is 1. The summed E-state index contributed by atoms with van der Waals surface area (Å²) in [6, 6.07) is 19.7. The van der Waals surface area contributed by atoms with Crippen molar-refractivity contribution in [3.05, 3.63) is 76.6 Å². The van der Waals surface area contributed by atoms with Gasteiger partial charge in [0.1, 0.15) is 12.8 Å². The first-order valence-corrected chi connectivity index (χ1v) is 9.30. The predicted molar refractivity (Wildman–Crippen MR) is 110 cm³/mol. The fourth-order valence-electron chi connectivity index (χ4n) is 3.68. The Kier molecular flexibility index (Phi) is 4.92. The minimum atomic E-state index is -0.0498. The summed E-state index contributed by atoms with van der Waals surface area (Å²) in [4.78, 5) is 20.0. The normalized spacial score (nSPS) is 14.7. The molecular weight excluding hydrogens is 338 g/mol. The molecule has 2 aromatic carbocycles. The van der Waals surface area contributed by atoms with E-state index < -0.39 is 0 Å². The van der Waals surface area contributed by atoms with Crippen molar-refractivity contribution in [3.63, 3.8) is 0 Å². The Morgan fingerprint density at radius 1 is 1.00 bits per heavy atom. The lowest BCUT2D eigenvalue weighted by molar-refractivity contribution is 0.212. The van der Waals surface area contributed by atoms with Crippen LogP contribution in [0.1, 0.15) is 18.4 Å². The molecule has 1 saturated heterocycles. The van der Waals surface area contributed by atoms with E-state index in [0.29, 0.717) is 6.54 Å². The van der Waals surface area contributed by atoms with E-state index in [4.69, 9.17) is 4.84 Å². The Bertz CT molecular complexity index is 1020. The number of para-hydroxylation sites is 1. The van der Waals surface area contributed by atoms with Crippen LogP contribution in [0.15, 0.2) is 70.6 Å². The summed E-state index contributed by atoms with van der Waals surface area (Å²) in [5.74, 6) is 0. The number of hydrogen-bond acceptors (Lipinski definition) is 4. The van der Waals surface area contributed by atoms with Gasteiger partial charge in [-0.25, -0.2) is 0 Å². The van der Waals surface area contributed by atoms with Gasteiger partial charge in [-0.3, -0.25) is 4.79 Å². The van der Waals surface area contributed by atoms with Crippen molar-refractivity contribution < 1.29 is 4.84 Å². The van der Waals surface area contributed by atoms with Gasteiger partial charge in [-0.2, -0.15) is 0 Å². The number of rotatable bonds is 5. The third-order valence-electron chi connectivity index (χ3n) is 5.08. The molecule has 5 nitrogen and oxygen atoms in total. The van der Waals surface area contributed by atoms with Gasteiger partial charge in [0.25, 0.3) is 5.56 Å². The van der Waals surface area contributed by atoms with Crippen LogP contribution < -0.4 is 10.5 Å². The molecule has 0 spiro atoms. The minimum absolute atomic E-state index is 0.0498. The molecule has 0 radical (unpaired) electrons. The van der Waals surface area contributed by atoms with E-state index in [1.165, 1.54) is 25.6 Å². The van der Waals surface area contributed by atoms with Crippen LogP contribution in [-0.4, -0.2) is 30.5 Å². The molecule has 1 aromatic heterocycles. The van der Waals surface area contributed by atoms with Crippen LogP contribution in [-0.2, 0) is 11.4 Å². The van der Waals surface area contributed by atoms with E-state index in [0.717, 1.165) is 35.3 Å². The highest BCUT2D eigenvalue weighted by molar-refractivity contribution is 6.01. The topological polar surface area (TPSA) is 46.8 Å². The highest BCUT2D eigenvalue weighted by atomic mass is 16.6. The molecule has 1 fully saturated rings. The lowest BCUT2D eigenvalue weighted by Gasteiger charge is -2.18. The van der Waals surface area contributed by atoms with E-state index in [9.17, 15) is 4.79 Å². The molecule has 0 bridgehead atoms. The standard InChI is InChI=1S/C22H23N3O2/c1-27-23-20(17-8-11-19(12-9-17)24-14-4-5-15-24)16-25-21-7-3-2-6-18(21)10-13-22(25)26/h2-3,6-13H,4-5,14-16H2,1H3/b23-20-. The molecule has 0 atom stereocenters. The van der Waals surface area contributed by atoms with Gasteiger partial charge in [-0.05, 0) is 42.5 Å². The zero-order chi connectivity index (χ0) is 18.6. The average molecular weight is 361 g/mol. The van der Waals surface area contributed by atoms with Gasteiger partial charge in [0.15, 0.2) is 0 Å². The zero-order valence-corrected chi connectivity index (χ0v) is 15.5. The molecular formula is C22H23N3O2. The summed E-state index contributed by atoms with van der Waals surface area (Å²) in [6.45, 7) is 2.59. The third kappa shape index (κ3) is 3.58. The van der Waals surface area contributed by atoms with Crippen LogP contribution in [0.3, 0.4) is 0 Å². The molecule has 0 saturated carbocycles. The van der Waals surface area contributed by atoms with Crippen molar-refractivity contribution in [2.24, 2.45) is 5.16 Å². The van der Waals surface area contributed by atoms with Crippen molar-refractivity contribution in [1.29, 1.82) is 0 Å². The SMILES string of the molecule is CO/N=C(/Cn1c(=O)ccc2ccccc21)c1ccc(N2CCCC2)cc1. The molecule has 5 heteroatoms. The largest absolute Gasteiger partial charge is 0.399 e. The summed E-state index contributed by atoms with van der Waals surface area (Å²) in [6.07, 6.45) is 2.50. The number of hydrogen-bond donors (Lipinski definition) is 0. The van der Waals surface area contributed by atoms with Crippen LogP contribution in [0.5, 0.6) is 0 Å². The first-order valence-electron chi connectivity index (χ1n) is 9.30. The van der Waals surface area contributed by atoms with E-state index >= 15 is 0 Å². The Hall–Kier alpha value is -3.08. The molecule has 3 aromatic rings. The molecule has 0 unspecified atom stereocenters. The zero-order valence-electron chi connectivity index (χ0n) is 15.5. The maximum atomic E-state index is 12.5. The second kappa shape index (κ2) is 7.66. The quantitative estimate of drug-likeness (QED) is 0.515. The molecule has 0 aliphatic carbocycles. The summed E-state index contributed by atoms with van der Waals surface area (Å²) >= 11 is 0. The first kappa shape index (κ1) is 17.3. The van der Waals surface area contributed by atoms with Gasteiger partial charge in [-0.15, -0.1) is 0 Å². The number of nitrogens with zero attached hydrogens (tertiary/aromatic N) is 3. The van der Waals surface area contributed by atoms with E-state index in [1.807, 2.05) is 30.3 Å². The second-order valence-electron chi connectivity index (χ2n) is 6.78. The van der Waals surface area contributed by atoms with Gasteiger partial charge < -0.3 is 14.3 Å². The summed E-state index contributed by atoms with van der Waals surface area (Å²) in [5, 5.41) is 5.23. The fraction of sp³-hybridized carbons (Fsp3) is 0.273. The van der Waals surface area contributed by atoms with Gasteiger partial charge >= 0.3 is 0 Å². The number of fused-ring (bicyclic) bond motifs is 1. The fourth-order valence-corrected chi connectivity index (χ4v) is 3.68. The minimum Gasteiger partial charge on any atom is -0.399 e. The van der Waals surface area contributed by atoms with Crippen molar-refractivity contribution in [2.45, 2.75) is 19.4 Å². The Balaban J connectivity index is 1.67. The summed E-state index contributed by atoms with van der Waals surface area (Å²) in [5.41, 5.74) is 3.76. The number of benzene rings is 2.